The first-order chi connectivity index (χ1) is 9.65. The highest BCUT2D eigenvalue weighted by molar-refractivity contribution is 5.76. The van der Waals surface area contributed by atoms with Crippen molar-refractivity contribution in [2.75, 3.05) is 19.6 Å². The molecule has 1 atom stereocenters. The molecule has 1 aliphatic heterocycles. The molecule has 0 aliphatic carbocycles. The smallest absolute Gasteiger partial charge is 0.317 e. The molecule has 0 bridgehead atoms. The molecule has 0 radical (unpaired) electrons. The normalized spacial score (nSPS) is 18.6. The topological polar surface area (TPSA) is 69.6 Å². The van der Waals surface area contributed by atoms with Gasteiger partial charge in [0.1, 0.15) is 0 Å². The van der Waals surface area contributed by atoms with E-state index in [1.54, 1.807) is 4.90 Å². The lowest BCUT2D eigenvalue weighted by atomic mass is 9.99. The number of amides is 2. The molecule has 0 aromatic rings. The molecule has 2 amide bonds. The average Bonchev–Trinajstić information content (AvgIpc) is 2.46. The molecule has 1 fully saturated rings. The number of urea groups is 1. The van der Waals surface area contributed by atoms with Crippen LogP contribution in [-0.2, 0) is 4.79 Å². The summed E-state index contributed by atoms with van der Waals surface area (Å²) in [5.41, 5.74) is 0. The zero-order chi connectivity index (χ0) is 14.8. The lowest BCUT2D eigenvalue weighted by Crippen LogP contribution is -2.47. The Morgan fingerprint density at radius 1 is 1.30 bits per heavy atom. The molecule has 114 valence electrons. The molecule has 0 aromatic heterocycles. The Hall–Kier alpha value is -1.52. The quantitative estimate of drug-likeness (QED) is 0.531. The summed E-state index contributed by atoms with van der Waals surface area (Å²) >= 11 is 0. The summed E-state index contributed by atoms with van der Waals surface area (Å²) in [4.78, 5) is 24.5. The number of likely N-dealkylation sites (tertiary alicyclic amines) is 1. The molecule has 1 aliphatic rings. The number of nitrogens with one attached hydrogen (secondary N) is 1. The molecule has 20 heavy (non-hydrogen) atoms. The van der Waals surface area contributed by atoms with Crippen LogP contribution in [0.3, 0.4) is 0 Å². The third kappa shape index (κ3) is 6.08. The summed E-state index contributed by atoms with van der Waals surface area (Å²) in [7, 11) is 0. The van der Waals surface area contributed by atoms with Gasteiger partial charge in [-0.25, -0.2) is 4.79 Å². The van der Waals surface area contributed by atoms with Crippen molar-refractivity contribution < 1.29 is 14.7 Å². The lowest BCUT2D eigenvalue weighted by molar-refractivity contribution is -0.143. The van der Waals surface area contributed by atoms with E-state index in [1.165, 1.54) is 0 Å². The maximum Gasteiger partial charge on any atom is 0.317 e. The number of rotatable bonds is 8. The minimum atomic E-state index is -0.801. The number of carbonyl (C=O) groups excluding carboxylic acids is 1. The molecule has 1 saturated heterocycles. The largest absolute Gasteiger partial charge is 0.481 e. The fraction of sp³-hybridized carbons (Fsp3) is 0.733. The van der Waals surface area contributed by atoms with Gasteiger partial charge in [0.15, 0.2) is 0 Å². The monoisotopic (exact) mass is 282 g/mol. The third-order valence-electron chi connectivity index (χ3n) is 3.67. The molecular formula is C15H26N2O3. The highest BCUT2D eigenvalue weighted by atomic mass is 16.4. The van der Waals surface area contributed by atoms with Crippen LogP contribution in [0, 0.1) is 5.92 Å². The molecule has 5 nitrogen and oxygen atoms in total. The average molecular weight is 282 g/mol. The molecule has 0 spiro atoms. The first-order valence-electron chi connectivity index (χ1n) is 7.51. The number of hydrogen-bond donors (Lipinski definition) is 2. The van der Waals surface area contributed by atoms with Crippen molar-refractivity contribution in [1.82, 2.24) is 10.2 Å². The SMILES string of the molecule is C=CCCCCCCNC(=O)N1CCCC(C(=O)O)C1. The summed E-state index contributed by atoms with van der Waals surface area (Å²) in [5, 5.41) is 11.9. The minimum absolute atomic E-state index is 0.123. The van der Waals surface area contributed by atoms with E-state index in [0.717, 1.165) is 38.5 Å². The second-order valence-electron chi connectivity index (χ2n) is 5.35. The van der Waals surface area contributed by atoms with Gasteiger partial charge in [-0.15, -0.1) is 6.58 Å². The Morgan fingerprint density at radius 3 is 2.75 bits per heavy atom. The number of carboxylic acid groups (broad SMARTS) is 1. The van der Waals surface area contributed by atoms with Gasteiger partial charge in [-0.1, -0.05) is 18.9 Å². The second kappa shape index (κ2) is 9.39. The molecule has 1 heterocycles. The van der Waals surface area contributed by atoms with E-state index in [4.69, 9.17) is 5.11 Å². The van der Waals surface area contributed by atoms with Gasteiger partial charge in [-0.3, -0.25) is 4.79 Å². The summed E-state index contributed by atoms with van der Waals surface area (Å²) in [6, 6.07) is -0.123. The first-order valence-corrected chi connectivity index (χ1v) is 7.51. The molecule has 5 heteroatoms. The maximum absolute atomic E-state index is 11.9. The number of aliphatic carboxylic acids is 1. The van der Waals surface area contributed by atoms with Crippen LogP contribution in [-0.4, -0.2) is 41.6 Å². The number of carbonyl (C=O) groups is 2. The van der Waals surface area contributed by atoms with Crippen LogP contribution in [0.4, 0.5) is 4.79 Å². The standard InChI is InChI=1S/C15H26N2O3/c1-2-3-4-5-6-7-10-16-15(20)17-11-8-9-13(12-17)14(18)19/h2,13H,1,3-12H2,(H,16,20)(H,18,19). The Morgan fingerprint density at radius 2 is 2.05 bits per heavy atom. The Kier molecular flexibility index (Phi) is 7.77. The van der Waals surface area contributed by atoms with Crippen molar-refractivity contribution >= 4 is 12.0 Å². The zero-order valence-electron chi connectivity index (χ0n) is 12.1. The van der Waals surface area contributed by atoms with Crippen molar-refractivity contribution in [3.63, 3.8) is 0 Å². The number of nitrogens with zero attached hydrogens (tertiary/aromatic N) is 1. The van der Waals surface area contributed by atoms with E-state index in [1.807, 2.05) is 6.08 Å². The second-order valence-corrected chi connectivity index (χ2v) is 5.35. The fourth-order valence-electron chi connectivity index (χ4n) is 2.44. The van der Waals surface area contributed by atoms with Gasteiger partial charge in [0.2, 0.25) is 0 Å². The highest BCUT2D eigenvalue weighted by Crippen LogP contribution is 2.16. The van der Waals surface area contributed by atoms with Crippen LogP contribution in [0.15, 0.2) is 12.7 Å². The third-order valence-corrected chi connectivity index (χ3v) is 3.67. The van der Waals surface area contributed by atoms with Crippen LogP contribution in [0.5, 0.6) is 0 Å². The van der Waals surface area contributed by atoms with Crippen LogP contribution >= 0.6 is 0 Å². The van der Waals surface area contributed by atoms with Crippen molar-refractivity contribution in [3.8, 4) is 0 Å². The van der Waals surface area contributed by atoms with Gasteiger partial charge in [-0.2, -0.15) is 0 Å². The van der Waals surface area contributed by atoms with Gasteiger partial charge in [0.05, 0.1) is 5.92 Å². The van der Waals surface area contributed by atoms with Gasteiger partial charge in [0.25, 0.3) is 0 Å². The van der Waals surface area contributed by atoms with E-state index in [9.17, 15) is 9.59 Å². The van der Waals surface area contributed by atoms with E-state index in [2.05, 4.69) is 11.9 Å². The van der Waals surface area contributed by atoms with Crippen LogP contribution in [0.25, 0.3) is 0 Å². The Balaban J connectivity index is 2.12. The van der Waals surface area contributed by atoms with Crippen LogP contribution < -0.4 is 5.32 Å². The Bertz CT molecular complexity index is 331. The number of unbranched alkanes of at least 4 members (excludes halogenated alkanes) is 4. The zero-order valence-corrected chi connectivity index (χ0v) is 12.1. The van der Waals surface area contributed by atoms with E-state index >= 15 is 0 Å². The van der Waals surface area contributed by atoms with Crippen molar-refractivity contribution in [3.05, 3.63) is 12.7 Å². The summed E-state index contributed by atoms with van der Waals surface area (Å²) in [6.45, 7) is 5.35. The molecular weight excluding hydrogens is 256 g/mol. The lowest BCUT2D eigenvalue weighted by Gasteiger charge is -2.30. The fourth-order valence-corrected chi connectivity index (χ4v) is 2.44. The predicted molar refractivity (Wildman–Crippen MR) is 78.6 cm³/mol. The molecule has 2 N–H and O–H groups in total. The van der Waals surface area contributed by atoms with Gasteiger partial charge in [0, 0.05) is 19.6 Å². The summed E-state index contributed by atoms with van der Waals surface area (Å²) in [5.74, 6) is -1.21. The maximum atomic E-state index is 11.9. The molecule has 0 aromatic carbocycles. The van der Waals surface area contributed by atoms with Crippen molar-refractivity contribution in [1.29, 1.82) is 0 Å². The van der Waals surface area contributed by atoms with E-state index in [0.29, 0.717) is 26.1 Å². The highest BCUT2D eigenvalue weighted by Gasteiger charge is 2.27. The van der Waals surface area contributed by atoms with Gasteiger partial charge >= 0.3 is 12.0 Å². The summed E-state index contributed by atoms with van der Waals surface area (Å²) < 4.78 is 0. The number of hydrogen-bond acceptors (Lipinski definition) is 2. The number of piperidine rings is 1. The van der Waals surface area contributed by atoms with Crippen LogP contribution in [0.1, 0.15) is 44.9 Å². The molecule has 0 saturated carbocycles. The number of carboxylic acids is 1. The van der Waals surface area contributed by atoms with E-state index < -0.39 is 11.9 Å². The molecule has 1 rings (SSSR count). The first kappa shape index (κ1) is 16.5. The van der Waals surface area contributed by atoms with Gasteiger partial charge in [-0.05, 0) is 32.1 Å². The predicted octanol–water partition coefficient (Wildman–Crippen LogP) is 2.63. The van der Waals surface area contributed by atoms with E-state index in [-0.39, 0.29) is 6.03 Å². The number of allylic oxidation sites excluding steroid dienone is 1. The summed E-state index contributed by atoms with van der Waals surface area (Å²) in [6.07, 6.45) is 8.81. The molecule has 1 unspecified atom stereocenters. The van der Waals surface area contributed by atoms with Crippen LogP contribution in [0.2, 0.25) is 0 Å². The van der Waals surface area contributed by atoms with Gasteiger partial charge < -0.3 is 15.3 Å². The minimum Gasteiger partial charge on any atom is -0.481 e. The van der Waals surface area contributed by atoms with Crippen molar-refractivity contribution in [2.45, 2.75) is 44.9 Å². The van der Waals surface area contributed by atoms with Crippen molar-refractivity contribution in [2.24, 2.45) is 5.92 Å². The Labute approximate surface area is 121 Å².